The largest absolute Gasteiger partial charge is 0.496 e. The lowest BCUT2D eigenvalue weighted by Gasteiger charge is -2.38. The number of ether oxygens (including phenoxy) is 2. The van der Waals surface area contributed by atoms with Gasteiger partial charge in [0.2, 0.25) is 0 Å². The van der Waals surface area contributed by atoms with Gasteiger partial charge in [0, 0.05) is 43.0 Å². The molecule has 4 aromatic rings. The van der Waals surface area contributed by atoms with E-state index in [0.717, 1.165) is 36.0 Å². The summed E-state index contributed by atoms with van der Waals surface area (Å²) in [7, 11) is 1.72. The van der Waals surface area contributed by atoms with Gasteiger partial charge in [-0.2, -0.15) is 0 Å². The van der Waals surface area contributed by atoms with Crippen LogP contribution in [0, 0.1) is 0 Å². The molecule has 1 amide bonds. The number of primary amides is 1. The number of thiophene rings is 1. The van der Waals surface area contributed by atoms with Gasteiger partial charge in [-0.15, -0.1) is 11.3 Å². The number of methoxy groups -OCH3 is 1. The minimum atomic E-state index is -1.94. The second-order valence-corrected chi connectivity index (χ2v) is 11.1. The number of carbonyl (C=O) groups is 3. The molecule has 0 saturated carbocycles. The molecule has 3 heterocycles. The highest BCUT2D eigenvalue weighted by atomic mass is 32.1. The number of hydrogen-bond donors (Lipinski definition) is 4. The van der Waals surface area contributed by atoms with E-state index < -0.39 is 23.9 Å². The number of aliphatic hydroxyl groups excluding tert-OH is 1. The monoisotopic (exact) mass is 601 g/mol. The molecule has 5 rings (SSSR count). The highest BCUT2D eigenvalue weighted by Crippen LogP contribution is 2.40. The minimum Gasteiger partial charge on any atom is -0.496 e. The van der Waals surface area contributed by atoms with Crippen LogP contribution in [0.3, 0.4) is 0 Å². The van der Waals surface area contributed by atoms with Crippen LogP contribution >= 0.6 is 11.3 Å². The van der Waals surface area contributed by atoms with Gasteiger partial charge in [0.25, 0.3) is 5.91 Å². The molecular weight excluding hydrogens is 569 g/mol. The number of carbonyl (C=O) groups excluding carboxylic acids is 2. The predicted molar refractivity (Wildman–Crippen MR) is 155 cm³/mol. The van der Waals surface area contributed by atoms with E-state index in [1.54, 1.807) is 13.2 Å². The molecule has 1 aliphatic heterocycles. The summed E-state index contributed by atoms with van der Waals surface area (Å²) in [6.45, 7) is 3.91. The molecule has 0 bridgehead atoms. The van der Waals surface area contributed by atoms with Crippen LogP contribution in [0.15, 0.2) is 48.5 Å². The second-order valence-electron chi connectivity index (χ2n) is 9.99. The van der Waals surface area contributed by atoms with Crippen LogP contribution in [0.5, 0.6) is 11.5 Å². The summed E-state index contributed by atoms with van der Waals surface area (Å²) in [5.41, 5.74) is 6.50. The summed E-state index contributed by atoms with van der Waals surface area (Å²) in [5, 5.41) is 20.2. The number of benzene rings is 2. The average molecular weight is 602 g/mol. The normalized spacial score (nSPS) is 17.7. The van der Waals surface area contributed by atoms with Gasteiger partial charge in [-0.3, -0.25) is 9.69 Å². The van der Waals surface area contributed by atoms with Gasteiger partial charge in [-0.1, -0.05) is 12.1 Å². The van der Waals surface area contributed by atoms with Crippen LogP contribution in [0.2, 0.25) is 0 Å². The lowest BCUT2D eigenvalue weighted by atomic mass is 9.90. The van der Waals surface area contributed by atoms with Crippen molar-refractivity contribution in [1.29, 1.82) is 0 Å². The van der Waals surface area contributed by atoms with Crippen LogP contribution < -0.4 is 15.2 Å². The number of likely N-dealkylation sites (tertiary alicyclic amines) is 1. The fourth-order valence-electron chi connectivity index (χ4n) is 5.11. The fraction of sp³-hybridized carbons (Fsp3) is 0.345. The van der Waals surface area contributed by atoms with Gasteiger partial charge in [-0.05, 0) is 68.6 Å². The number of aliphatic carboxylic acids is 1. The van der Waals surface area contributed by atoms with E-state index in [4.69, 9.17) is 20.3 Å². The summed E-state index contributed by atoms with van der Waals surface area (Å²) in [4.78, 5) is 39.0. The van der Waals surface area contributed by atoms with Gasteiger partial charge in [0.1, 0.15) is 29.9 Å². The Kier molecular flexibility index (Phi) is 9.99. The van der Waals surface area contributed by atoms with Gasteiger partial charge in [0.05, 0.1) is 7.11 Å². The molecule has 2 aromatic heterocycles. The number of rotatable bonds is 8. The third-order valence-electron chi connectivity index (χ3n) is 7.19. The van der Waals surface area contributed by atoms with Crippen molar-refractivity contribution >= 4 is 50.2 Å². The highest BCUT2D eigenvalue weighted by molar-refractivity contribution is 7.19. The third-order valence-corrected chi connectivity index (χ3v) is 8.45. The van der Waals surface area contributed by atoms with Crippen molar-refractivity contribution in [3.05, 3.63) is 59.1 Å². The number of nitrogens with two attached hydrogens (primary N) is 1. The zero-order chi connectivity index (χ0) is 30.4. The van der Waals surface area contributed by atoms with E-state index in [1.165, 1.54) is 15.0 Å². The molecule has 1 saturated heterocycles. The first-order valence-electron chi connectivity index (χ1n) is 13.2. The zero-order valence-corrected chi connectivity index (χ0v) is 23.9. The van der Waals surface area contributed by atoms with E-state index >= 15 is 0 Å². The Balaban J connectivity index is 0.000000517. The zero-order valence-electron chi connectivity index (χ0n) is 23.0. The van der Waals surface area contributed by atoms with Crippen LogP contribution in [-0.4, -0.2) is 76.9 Å². The number of hydrogen-bond acceptors (Lipinski definition) is 9. The molecule has 2 aromatic carbocycles. The number of carboxylic acid groups (broad SMARTS) is 1. The molecule has 13 heteroatoms. The predicted octanol–water partition coefficient (Wildman–Crippen LogP) is 4.00. The highest BCUT2D eigenvalue weighted by Gasteiger charge is 2.29. The molecule has 1 fully saturated rings. The number of fused-ring (bicyclic) bond motifs is 2. The Hall–Kier alpha value is -4.20. The number of nitrogens with zero attached hydrogens (tertiary/aromatic N) is 1. The van der Waals surface area contributed by atoms with Crippen LogP contribution in [0.1, 0.15) is 41.0 Å². The van der Waals surface area contributed by atoms with E-state index in [-0.39, 0.29) is 6.61 Å². The molecule has 5 N–H and O–H groups in total. The molecule has 0 radical (unpaired) electrons. The quantitative estimate of drug-likeness (QED) is 0.219. The lowest BCUT2D eigenvalue weighted by Crippen LogP contribution is -2.45. The number of nitrogens with one attached hydrogen (secondary N) is 1. The SMILES string of the molecule is COc1cccc2sc(C3CCN(CC(O)COc4cccc5[nH]c(C(N)=O)cc45)[C@@H](C)C3)cc12.O=C(O)C(=O)OF. The molecule has 11 nitrogen and oxygen atoms in total. The lowest BCUT2D eigenvalue weighted by molar-refractivity contribution is -0.192. The maximum atomic E-state index is 11.5. The summed E-state index contributed by atoms with van der Waals surface area (Å²) >= 11 is 1.86. The number of aromatic amines is 1. The van der Waals surface area contributed by atoms with Crippen LogP contribution in [-0.2, 0) is 14.5 Å². The Labute approximate surface area is 244 Å². The second kappa shape index (κ2) is 13.6. The number of β-amino-alcohol motifs (C(OH)–C–C–N with tert-alkyl or cyclic N) is 1. The van der Waals surface area contributed by atoms with E-state index in [0.29, 0.717) is 29.9 Å². The summed E-state index contributed by atoms with van der Waals surface area (Å²) in [6, 6.07) is 16.1. The number of piperidine rings is 1. The standard InChI is InChI=1S/C27H31N3O4S.C2HFO4/c1-16-11-17(26-13-20-23(33-2)6-4-8-25(20)35-26)9-10-30(16)14-18(31)15-34-24-7-3-5-21-19(24)12-22(29-21)27(28)32;3-7-2(6)1(4)5/h3-8,12-13,16-18,29,31H,9-11,14-15H2,1-2H3,(H2,28,32);(H,4,5)/t16-,17?,18?;/m0./s1. The van der Waals surface area contributed by atoms with Crippen molar-refractivity contribution in [2.24, 2.45) is 5.73 Å². The smallest absolute Gasteiger partial charge is 0.456 e. The van der Waals surface area contributed by atoms with Gasteiger partial charge in [-0.25, -0.2) is 14.5 Å². The first kappa shape index (κ1) is 30.8. The van der Waals surface area contributed by atoms with Gasteiger partial charge >= 0.3 is 11.9 Å². The molecule has 0 spiro atoms. The molecule has 224 valence electrons. The first-order valence-corrected chi connectivity index (χ1v) is 14.0. The van der Waals surface area contributed by atoms with E-state index in [2.05, 4.69) is 33.9 Å². The van der Waals surface area contributed by atoms with Crippen LogP contribution in [0.4, 0.5) is 4.53 Å². The number of aromatic nitrogens is 1. The molecular formula is C29H32FN3O8S. The Morgan fingerprint density at radius 3 is 2.55 bits per heavy atom. The van der Waals surface area contributed by atoms with Crippen molar-refractivity contribution in [3.8, 4) is 11.5 Å². The van der Waals surface area contributed by atoms with Crippen molar-refractivity contribution in [3.63, 3.8) is 0 Å². The Morgan fingerprint density at radius 1 is 1.17 bits per heavy atom. The summed E-state index contributed by atoms with van der Waals surface area (Å²) in [5.74, 6) is -2.29. The molecule has 3 atom stereocenters. The van der Waals surface area contributed by atoms with Crippen molar-refractivity contribution in [2.45, 2.75) is 37.8 Å². The Morgan fingerprint density at radius 2 is 1.90 bits per heavy atom. The Bertz CT molecular complexity index is 1570. The summed E-state index contributed by atoms with van der Waals surface area (Å²) < 4.78 is 23.1. The van der Waals surface area contributed by atoms with Crippen molar-refractivity contribution < 1.29 is 43.5 Å². The number of aliphatic hydroxyl groups is 1. The number of H-pyrrole nitrogens is 1. The van der Waals surface area contributed by atoms with Crippen molar-refractivity contribution in [1.82, 2.24) is 9.88 Å². The average Bonchev–Trinajstić information content (AvgIpc) is 3.62. The fourth-order valence-corrected chi connectivity index (χ4v) is 6.34. The van der Waals surface area contributed by atoms with E-state index in [9.17, 15) is 24.0 Å². The van der Waals surface area contributed by atoms with Crippen molar-refractivity contribution in [2.75, 3.05) is 26.8 Å². The number of halogens is 1. The van der Waals surface area contributed by atoms with Crippen LogP contribution in [0.25, 0.3) is 21.0 Å². The molecule has 42 heavy (non-hydrogen) atoms. The first-order chi connectivity index (χ1) is 20.1. The summed E-state index contributed by atoms with van der Waals surface area (Å²) in [6.07, 6.45) is 1.50. The topological polar surface area (TPSA) is 164 Å². The third kappa shape index (κ3) is 7.16. The molecule has 1 aliphatic rings. The maximum absolute atomic E-state index is 11.5. The molecule has 0 aliphatic carbocycles. The van der Waals surface area contributed by atoms with Gasteiger partial charge in [0.15, 0.2) is 0 Å². The van der Waals surface area contributed by atoms with Gasteiger partial charge < -0.3 is 30.4 Å². The molecule has 2 unspecified atom stereocenters. The number of carboxylic acids is 1. The van der Waals surface area contributed by atoms with E-state index in [1.807, 2.05) is 41.7 Å². The number of amides is 1. The maximum Gasteiger partial charge on any atom is 0.456 e. The minimum absolute atomic E-state index is 0.180.